The lowest BCUT2D eigenvalue weighted by Gasteiger charge is -2.04. The number of aromatic amines is 7. The third-order valence-electron chi connectivity index (χ3n) is 6.63. The number of nitriles is 1. The molecule has 13 N–H and O–H groups in total. The molecule has 7 rings (SSSR count). The van der Waals surface area contributed by atoms with Crippen molar-refractivity contribution in [2.75, 3.05) is 20.2 Å². The summed E-state index contributed by atoms with van der Waals surface area (Å²) in [4.78, 5) is 143. The van der Waals surface area contributed by atoms with Gasteiger partial charge in [-0.2, -0.15) is 28.7 Å². The normalized spacial score (nSPS) is 9.74. The maximum absolute atomic E-state index is 11.2. The monoisotopic (exact) mass is 1240 g/mol. The highest BCUT2D eigenvalue weighted by atomic mass is 19.4. The number of esters is 1. The zero-order chi connectivity index (χ0) is 67.5. The fourth-order valence-corrected chi connectivity index (χ4v) is 3.54. The summed E-state index contributed by atoms with van der Waals surface area (Å²) in [6.07, 6.45) is -2.47. The number of rotatable bonds is 5. The van der Waals surface area contributed by atoms with Crippen LogP contribution >= 0.6 is 0 Å². The minimum atomic E-state index is -4.30. The van der Waals surface area contributed by atoms with Gasteiger partial charge in [0.2, 0.25) is 35.4 Å². The minimum absolute atomic E-state index is 0.0394. The van der Waals surface area contributed by atoms with E-state index in [0.717, 1.165) is 24.9 Å². The van der Waals surface area contributed by atoms with Crippen molar-refractivity contribution in [2.24, 2.45) is 5.16 Å². The van der Waals surface area contributed by atoms with Crippen LogP contribution in [0.15, 0.2) is 68.4 Å². The van der Waals surface area contributed by atoms with Crippen LogP contribution in [0, 0.1) is 53.0 Å². The van der Waals surface area contributed by atoms with E-state index >= 15 is 0 Å². The van der Waals surface area contributed by atoms with E-state index in [-0.39, 0.29) is 52.9 Å². The second-order valence-electron chi connectivity index (χ2n) is 15.0. The lowest BCUT2D eigenvalue weighted by atomic mass is 10.3. The van der Waals surface area contributed by atoms with Gasteiger partial charge in [0.15, 0.2) is 24.3 Å². The van der Waals surface area contributed by atoms with E-state index in [1.165, 1.54) is 65.5 Å². The number of hydrogen-bond acceptors (Lipinski definition) is 27. The van der Waals surface area contributed by atoms with E-state index in [1.807, 2.05) is 19.2 Å². The van der Waals surface area contributed by atoms with Crippen molar-refractivity contribution in [3.63, 3.8) is 0 Å². The van der Waals surface area contributed by atoms with E-state index in [4.69, 9.17) is 10.5 Å². The van der Waals surface area contributed by atoms with Crippen molar-refractivity contribution in [3.05, 3.63) is 116 Å². The summed E-state index contributed by atoms with van der Waals surface area (Å²) < 4.78 is 60.3. The van der Waals surface area contributed by atoms with E-state index in [9.17, 15) is 75.5 Å². The highest BCUT2D eigenvalue weighted by Crippen LogP contribution is 2.11. The van der Waals surface area contributed by atoms with Gasteiger partial charge < -0.3 is 43.1 Å². The number of hydroxylamine groups is 2. The highest BCUT2D eigenvalue weighted by molar-refractivity contribution is 6.00. The van der Waals surface area contributed by atoms with Crippen LogP contribution < -0.4 is 61.1 Å². The molecule has 1 aliphatic heterocycles. The van der Waals surface area contributed by atoms with Gasteiger partial charge in [-0.1, -0.05) is 10.3 Å². The number of alkyl halides is 3. The second-order valence-corrected chi connectivity index (χ2v) is 15.0. The molecule has 1 aliphatic rings. The van der Waals surface area contributed by atoms with Crippen LogP contribution in [0.25, 0.3) is 0 Å². The fourth-order valence-electron chi connectivity index (χ4n) is 3.54. The summed E-state index contributed by atoms with van der Waals surface area (Å²) >= 11 is 0. The Hall–Kier alpha value is -11.0. The Balaban J connectivity index is -0.000000279. The molecule has 0 saturated heterocycles. The standard InChI is InChI=1S/C7H8O5.C4H6F3NO.C4H6N2O.2C4H5NO2.C4H9NO.C3H5N3O.2C3H4N2O2.C3H4N2O.C3H7NO2.C2H5NO2/c1-4-6(3-10-5(2)8)12-7(9)11-4;1-3(9)8-2-4(5,6)7;1-3-2-4(7)6-5-3;1-3-2-4(6)5-7-3;1-3-2-4(6)7-5-3;1-3-5-4(2)6;1-2-4-3(7)6-5-2;1-2-4-5-3(6)7-2;1-2-4-3(6)7-5-2;1-3(6)5-2-4;1-3(5)4-6-2;1-2(4)3-5/h3H2,1-2H3;2H2,1H3,(H,8,9);2H,1H3,(H2,5,6,7);2H,1H3,(H,5,6);2H2,1H3;3H2,1-2H3,(H,5,6);1H3,(H2,4,5,6,7);1H3,(H,5,6);1H3,(H,4,5,6);1H3,(H,5,6);1-2H3,(H,4,5);5H,1H3,(H,3,4). The molecule has 6 aromatic heterocycles. The molecule has 0 bridgehead atoms. The van der Waals surface area contributed by atoms with Gasteiger partial charge in [0.25, 0.3) is 11.1 Å². The van der Waals surface area contributed by atoms with Crippen LogP contribution in [0.4, 0.5) is 13.2 Å². The van der Waals surface area contributed by atoms with Crippen molar-refractivity contribution in [1.82, 2.24) is 77.8 Å². The number of oxime groups is 1. The Morgan fingerprint density at radius 3 is 1.48 bits per heavy atom. The van der Waals surface area contributed by atoms with Crippen LogP contribution in [0.5, 0.6) is 0 Å². The number of nitrogens with one attached hydrogen (secondary N) is 12. The number of carbonyl (C=O) groups excluding carboxylic acids is 7. The molecular formula is C44H68F3N17O22. The smallest absolute Gasteiger partial charge is 0.458 e. The molecule has 86 heavy (non-hydrogen) atoms. The van der Waals surface area contributed by atoms with Crippen LogP contribution in [-0.4, -0.2) is 130 Å². The number of H-pyrrole nitrogens is 7. The SMILES string of the molecule is CC(=O)NC#N.CC(=O)NCC(F)(F)F.CC(=O)NO.CC(=O)OCc1oc(=O)oc1C.CC1=NOC(=O)C1.CCNC(C)=O.CONC(C)=O.Cc1cc(=O)[nH][nH]1.Cc1cc(=O)[nH]o1.Cc1n[nH]c(=O)[nH]1.Cc1n[nH]c(=O)o1.Cc1noc(=O)[nH]1. The number of aromatic nitrogens is 10. The maximum atomic E-state index is 11.2. The van der Waals surface area contributed by atoms with Gasteiger partial charge in [0.1, 0.15) is 24.0 Å². The Morgan fingerprint density at radius 1 is 0.744 bits per heavy atom. The average Bonchev–Trinajstić information content (AvgIpc) is 4.48. The number of ether oxygens (including phenoxy) is 1. The van der Waals surface area contributed by atoms with Crippen molar-refractivity contribution < 1.29 is 88.6 Å². The first kappa shape index (κ1) is 83.8. The Labute approximate surface area is 481 Å². The molecule has 6 aromatic rings. The number of hydrogen-bond donors (Lipinski definition) is 13. The lowest BCUT2D eigenvalue weighted by molar-refractivity contribution is -0.143. The van der Waals surface area contributed by atoms with Gasteiger partial charge in [0.05, 0.1) is 19.2 Å². The van der Waals surface area contributed by atoms with Crippen LogP contribution in [-0.2, 0) is 54.6 Å². The zero-order valence-electron chi connectivity index (χ0n) is 48.9. The van der Waals surface area contributed by atoms with E-state index in [2.05, 4.69) is 104 Å². The first-order valence-corrected chi connectivity index (χ1v) is 23.3. The molecule has 42 heteroatoms. The summed E-state index contributed by atoms with van der Waals surface area (Å²) in [6.45, 7) is 20.8. The van der Waals surface area contributed by atoms with Crippen molar-refractivity contribution >= 4 is 47.2 Å². The summed E-state index contributed by atoms with van der Waals surface area (Å²) in [5, 5.41) is 46.3. The van der Waals surface area contributed by atoms with Gasteiger partial charge in [-0.25, -0.2) is 45.1 Å². The molecular weight excluding hydrogens is 1180 g/mol. The molecule has 0 atom stereocenters. The van der Waals surface area contributed by atoms with E-state index in [0.29, 0.717) is 35.5 Å². The Bertz CT molecular complexity index is 3020. The van der Waals surface area contributed by atoms with Gasteiger partial charge in [-0.3, -0.25) is 73.3 Å². The number of carbonyl (C=O) groups is 7. The van der Waals surface area contributed by atoms with Crippen molar-refractivity contribution in [2.45, 2.75) is 116 Å². The first-order valence-electron chi connectivity index (χ1n) is 23.3. The van der Waals surface area contributed by atoms with E-state index < -0.39 is 47.8 Å². The van der Waals surface area contributed by atoms with Gasteiger partial charge in [-0.05, 0) is 48.5 Å². The molecule has 39 nitrogen and oxygen atoms in total. The maximum Gasteiger partial charge on any atom is 0.519 e. The van der Waals surface area contributed by atoms with Crippen LogP contribution in [0.1, 0.15) is 102 Å². The molecule has 0 unspecified atom stereocenters. The lowest BCUT2D eigenvalue weighted by Crippen LogP contribution is -2.31. The van der Waals surface area contributed by atoms with Gasteiger partial charge in [0, 0.05) is 72.8 Å². The van der Waals surface area contributed by atoms with Crippen LogP contribution in [0.2, 0.25) is 0 Å². The molecule has 0 spiro atoms. The van der Waals surface area contributed by atoms with Gasteiger partial charge in [-0.15, -0.1) is 5.10 Å². The zero-order valence-corrected chi connectivity index (χ0v) is 48.9. The summed E-state index contributed by atoms with van der Waals surface area (Å²) in [5.74, 6) is -1.37. The van der Waals surface area contributed by atoms with Crippen molar-refractivity contribution in [1.29, 1.82) is 5.26 Å². The molecule has 0 fully saturated rings. The second kappa shape index (κ2) is 49.8. The highest BCUT2D eigenvalue weighted by Gasteiger charge is 2.26. The summed E-state index contributed by atoms with van der Waals surface area (Å²) in [7, 11) is 1.39. The number of nitrogens with zero attached hydrogens (tertiary/aromatic N) is 5. The number of amides is 5. The predicted octanol–water partition coefficient (Wildman–Crippen LogP) is -0.423. The first-order chi connectivity index (χ1) is 39.8. The van der Waals surface area contributed by atoms with Gasteiger partial charge >= 0.3 is 41.1 Å². The molecule has 0 saturated carbocycles. The average molecular weight is 1240 g/mol. The molecule has 0 aromatic carbocycles. The Kier molecular flexibility index (Phi) is 48.5. The molecule has 0 aliphatic carbocycles. The topological polar surface area (TPSA) is 581 Å². The number of aryl methyl sites for hydroxylation is 6. The fraction of sp³-hybridized carbons (Fsp3) is 0.455. The quantitative estimate of drug-likeness (QED) is 0.0260. The van der Waals surface area contributed by atoms with Crippen LogP contribution in [0.3, 0.4) is 0 Å². The molecule has 0 radical (unpaired) electrons. The minimum Gasteiger partial charge on any atom is -0.458 e. The summed E-state index contributed by atoms with van der Waals surface area (Å²) in [6, 6.07) is 2.89. The third kappa shape index (κ3) is 63.8. The molecule has 482 valence electrons. The van der Waals surface area contributed by atoms with E-state index in [1.54, 1.807) is 46.9 Å². The number of halogens is 3. The molecule has 7 heterocycles. The Morgan fingerprint density at radius 2 is 1.34 bits per heavy atom. The largest absolute Gasteiger partial charge is 0.519 e. The van der Waals surface area contributed by atoms with Crippen molar-refractivity contribution in [3.8, 4) is 6.19 Å². The predicted molar refractivity (Wildman–Crippen MR) is 284 cm³/mol. The third-order valence-corrected chi connectivity index (χ3v) is 6.63. The summed E-state index contributed by atoms with van der Waals surface area (Å²) in [5.41, 5.74) is 4.57. The molecule has 5 amide bonds.